The van der Waals surface area contributed by atoms with E-state index in [0.717, 1.165) is 5.56 Å². The minimum Gasteiger partial charge on any atom is -0.462 e. The maximum atomic E-state index is 14.3. The number of carbonyl (C=O) groups excluding carboxylic acids is 1. The molecule has 2 aromatic carbocycles. The summed E-state index contributed by atoms with van der Waals surface area (Å²) in [4.78, 5) is 11.2. The van der Waals surface area contributed by atoms with Gasteiger partial charge in [-0.2, -0.15) is 0 Å². The lowest BCUT2D eigenvalue weighted by molar-refractivity contribution is -0.136. The van der Waals surface area contributed by atoms with Crippen molar-refractivity contribution in [3.63, 3.8) is 0 Å². The molecule has 31 heavy (non-hydrogen) atoms. The van der Waals surface area contributed by atoms with Crippen LogP contribution >= 0.6 is 0 Å². The highest BCUT2D eigenvalue weighted by atomic mass is 19.1. The molecule has 0 spiro atoms. The van der Waals surface area contributed by atoms with E-state index in [0.29, 0.717) is 29.8 Å². The van der Waals surface area contributed by atoms with Crippen molar-refractivity contribution in [2.45, 2.75) is 57.5 Å². The van der Waals surface area contributed by atoms with E-state index in [1.165, 1.54) is 32.9 Å². The molecule has 1 aliphatic rings. The summed E-state index contributed by atoms with van der Waals surface area (Å²) in [5, 5.41) is 23.1. The number of amides is 1. The Labute approximate surface area is 179 Å². The van der Waals surface area contributed by atoms with E-state index >= 15 is 0 Å². The van der Waals surface area contributed by atoms with Gasteiger partial charge in [0.1, 0.15) is 35.5 Å². The molecule has 6 nitrogen and oxygen atoms in total. The van der Waals surface area contributed by atoms with Gasteiger partial charge in [-0.1, -0.05) is 18.2 Å². The Hall–Kier alpha value is -2.55. The summed E-state index contributed by atoms with van der Waals surface area (Å²) in [5.74, 6) is -0.248. The summed E-state index contributed by atoms with van der Waals surface area (Å²) in [6.07, 6.45) is -4.88. The van der Waals surface area contributed by atoms with E-state index in [9.17, 15) is 23.8 Å². The molecule has 0 bridgehead atoms. The highest BCUT2D eigenvalue weighted by Crippen LogP contribution is 2.34. The van der Waals surface area contributed by atoms with E-state index in [1.807, 2.05) is 0 Å². The minimum atomic E-state index is -1.88. The van der Waals surface area contributed by atoms with E-state index in [1.54, 1.807) is 30.3 Å². The van der Waals surface area contributed by atoms with Crippen LogP contribution in [0.15, 0.2) is 42.5 Å². The van der Waals surface area contributed by atoms with Gasteiger partial charge in [0, 0.05) is 13.5 Å². The molecular formula is C23H27F2NO5. The Balaban J connectivity index is 1.86. The number of hydrogen-bond acceptors (Lipinski definition) is 5. The SMILES string of the molecule is CC(=O)NCCc1ccc(OC2O[C@@H](C(C)(C)F)[C@@H](O)[C@H]2O)cc1-c1cccc(F)c1. The fourth-order valence-electron chi connectivity index (χ4n) is 3.59. The second kappa shape index (κ2) is 9.30. The maximum absolute atomic E-state index is 14.3. The lowest BCUT2D eigenvalue weighted by atomic mass is 9.97. The Kier molecular flexibility index (Phi) is 6.93. The third-order valence-corrected chi connectivity index (χ3v) is 5.13. The zero-order valence-electron chi connectivity index (χ0n) is 17.6. The molecule has 0 radical (unpaired) electrons. The summed E-state index contributed by atoms with van der Waals surface area (Å²) in [6.45, 7) is 4.34. The highest BCUT2D eigenvalue weighted by molar-refractivity contribution is 5.73. The van der Waals surface area contributed by atoms with Gasteiger partial charge in [0.05, 0.1) is 0 Å². The molecule has 3 N–H and O–H groups in total. The zero-order chi connectivity index (χ0) is 22.8. The van der Waals surface area contributed by atoms with Crippen molar-refractivity contribution in [3.8, 4) is 16.9 Å². The van der Waals surface area contributed by atoms with Gasteiger partial charge in [0.25, 0.3) is 0 Å². The molecule has 1 amide bonds. The summed E-state index contributed by atoms with van der Waals surface area (Å²) in [7, 11) is 0. The molecule has 3 rings (SSSR count). The number of hydrogen-bond donors (Lipinski definition) is 3. The summed E-state index contributed by atoms with van der Waals surface area (Å²) >= 11 is 0. The molecule has 0 saturated carbocycles. The molecule has 1 fully saturated rings. The second-order valence-electron chi connectivity index (χ2n) is 8.15. The van der Waals surface area contributed by atoms with Gasteiger partial charge >= 0.3 is 0 Å². The Morgan fingerprint density at radius 3 is 2.55 bits per heavy atom. The zero-order valence-corrected chi connectivity index (χ0v) is 17.6. The normalized spacial score (nSPS) is 23.6. The Morgan fingerprint density at radius 2 is 1.94 bits per heavy atom. The molecule has 168 valence electrons. The van der Waals surface area contributed by atoms with Crippen LogP contribution in [-0.4, -0.2) is 52.9 Å². The molecule has 1 aliphatic heterocycles. The smallest absolute Gasteiger partial charge is 0.229 e. The van der Waals surface area contributed by atoms with E-state index in [2.05, 4.69) is 5.32 Å². The summed E-state index contributed by atoms with van der Waals surface area (Å²) in [6, 6.07) is 11.1. The van der Waals surface area contributed by atoms with Crippen molar-refractivity contribution < 1.29 is 33.3 Å². The first-order valence-corrected chi connectivity index (χ1v) is 10.1. The van der Waals surface area contributed by atoms with Gasteiger partial charge in [-0.15, -0.1) is 0 Å². The molecule has 0 aromatic heterocycles. The van der Waals surface area contributed by atoms with E-state index < -0.39 is 36.1 Å². The van der Waals surface area contributed by atoms with Crippen molar-refractivity contribution in [1.29, 1.82) is 0 Å². The van der Waals surface area contributed by atoms with Crippen LogP contribution in [0.4, 0.5) is 8.78 Å². The van der Waals surface area contributed by atoms with Gasteiger partial charge in [0.15, 0.2) is 0 Å². The van der Waals surface area contributed by atoms with Crippen LogP contribution in [0, 0.1) is 5.82 Å². The fourth-order valence-corrected chi connectivity index (χ4v) is 3.59. The summed E-state index contributed by atoms with van der Waals surface area (Å²) in [5.41, 5.74) is 0.262. The number of carbonyl (C=O) groups is 1. The lowest BCUT2D eigenvalue weighted by Crippen LogP contribution is -2.42. The van der Waals surface area contributed by atoms with Crippen LogP contribution in [0.25, 0.3) is 11.1 Å². The lowest BCUT2D eigenvalue weighted by Gasteiger charge is -2.24. The average molecular weight is 435 g/mol. The third kappa shape index (κ3) is 5.58. The van der Waals surface area contributed by atoms with Crippen molar-refractivity contribution in [2.24, 2.45) is 0 Å². The van der Waals surface area contributed by atoms with Gasteiger partial charge in [-0.25, -0.2) is 8.78 Å². The van der Waals surface area contributed by atoms with Crippen LogP contribution in [-0.2, 0) is 16.0 Å². The van der Waals surface area contributed by atoms with Crippen molar-refractivity contribution in [1.82, 2.24) is 5.32 Å². The molecular weight excluding hydrogens is 408 g/mol. The number of alkyl halides is 1. The number of aliphatic hydroxyl groups excluding tert-OH is 2. The van der Waals surface area contributed by atoms with E-state index in [-0.39, 0.29) is 5.91 Å². The quantitative estimate of drug-likeness (QED) is 0.623. The number of benzene rings is 2. The largest absolute Gasteiger partial charge is 0.462 e. The number of halogens is 2. The topological polar surface area (TPSA) is 88.0 Å². The second-order valence-corrected chi connectivity index (χ2v) is 8.15. The first kappa shape index (κ1) is 23.1. The molecule has 1 saturated heterocycles. The molecule has 0 aliphatic carbocycles. The van der Waals surface area contributed by atoms with Crippen LogP contribution in [0.2, 0.25) is 0 Å². The first-order chi connectivity index (χ1) is 14.6. The van der Waals surface area contributed by atoms with Crippen LogP contribution in [0.1, 0.15) is 26.3 Å². The highest BCUT2D eigenvalue weighted by Gasteiger charge is 2.51. The first-order valence-electron chi connectivity index (χ1n) is 10.1. The molecule has 4 atom stereocenters. The van der Waals surface area contributed by atoms with Crippen LogP contribution in [0.5, 0.6) is 5.75 Å². The van der Waals surface area contributed by atoms with Crippen molar-refractivity contribution in [3.05, 3.63) is 53.8 Å². The standard InChI is InChI=1S/C23H27F2NO5/c1-13(27)26-10-9-14-7-8-17(12-18(14)15-5-4-6-16(24)11-15)30-22-20(29)19(28)21(31-22)23(2,3)25/h4-8,11-12,19-22,28-29H,9-10H2,1-3H3,(H,26,27)/t19-,20+,21+,22?/m0/s1. The van der Waals surface area contributed by atoms with Crippen LogP contribution < -0.4 is 10.1 Å². The molecule has 1 heterocycles. The third-order valence-electron chi connectivity index (χ3n) is 5.13. The average Bonchev–Trinajstić information content (AvgIpc) is 2.97. The monoisotopic (exact) mass is 435 g/mol. The Bertz CT molecular complexity index is 930. The predicted octanol–water partition coefficient (Wildman–Crippen LogP) is 2.74. The van der Waals surface area contributed by atoms with Crippen molar-refractivity contribution >= 4 is 5.91 Å². The maximum Gasteiger partial charge on any atom is 0.229 e. The predicted molar refractivity (Wildman–Crippen MR) is 111 cm³/mol. The molecule has 8 heteroatoms. The number of rotatable bonds is 7. The summed E-state index contributed by atoms with van der Waals surface area (Å²) < 4.78 is 39.2. The number of ether oxygens (including phenoxy) is 2. The Morgan fingerprint density at radius 1 is 1.19 bits per heavy atom. The number of aliphatic hydroxyl groups is 2. The molecule has 2 aromatic rings. The van der Waals surface area contributed by atoms with Gasteiger partial charge in [-0.05, 0) is 61.2 Å². The molecule has 1 unspecified atom stereocenters. The number of nitrogens with one attached hydrogen (secondary N) is 1. The van der Waals surface area contributed by atoms with Gasteiger partial charge in [0.2, 0.25) is 12.2 Å². The van der Waals surface area contributed by atoms with Gasteiger partial charge < -0.3 is 25.0 Å². The van der Waals surface area contributed by atoms with Gasteiger partial charge in [-0.3, -0.25) is 4.79 Å². The van der Waals surface area contributed by atoms with Crippen LogP contribution in [0.3, 0.4) is 0 Å². The fraction of sp³-hybridized carbons (Fsp3) is 0.435. The van der Waals surface area contributed by atoms with E-state index in [4.69, 9.17) is 9.47 Å². The van der Waals surface area contributed by atoms with Crippen molar-refractivity contribution in [2.75, 3.05) is 6.54 Å². The minimum absolute atomic E-state index is 0.150.